The lowest BCUT2D eigenvalue weighted by Crippen LogP contribution is -2.45. The number of unbranched alkanes of at least 4 members (excludes halogenated alkanes) is 2. The number of nitrogens with one attached hydrogen (secondary N) is 4. The zero-order valence-electron chi connectivity index (χ0n) is 18.9. The lowest BCUT2D eigenvalue weighted by Gasteiger charge is -2.15. The Morgan fingerprint density at radius 3 is 1.34 bits per heavy atom. The minimum atomic E-state index is -0.701. The maximum Gasteiger partial charge on any atom is 0.251 e. The van der Waals surface area contributed by atoms with Gasteiger partial charge < -0.3 is 32.7 Å². The smallest absolute Gasteiger partial charge is 0.251 e. The van der Waals surface area contributed by atoms with Crippen molar-refractivity contribution in [3.8, 4) is 0 Å². The first-order chi connectivity index (χ1) is 15.3. The summed E-state index contributed by atoms with van der Waals surface area (Å²) in [4.78, 5) is 48.8. The summed E-state index contributed by atoms with van der Waals surface area (Å²) in [6.07, 6.45) is 3.19. The third-order valence-electron chi connectivity index (χ3n) is 4.75. The van der Waals surface area contributed by atoms with E-state index in [0.717, 1.165) is 25.7 Å². The van der Waals surface area contributed by atoms with Gasteiger partial charge in [-0.3, -0.25) is 19.2 Å². The highest BCUT2D eigenvalue weighted by molar-refractivity contribution is 6.00. The normalized spacial score (nSPS) is 12.4. The molecule has 8 N–H and O–H groups in total. The molecule has 0 unspecified atom stereocenters. The van der Waals surface area contributed by atoms with Crippen LogP contribution in [0.1, 0.15) is 60.2 Å². The van der Waals surface area contributed by atoms with Crippen LogP contribution in [0.25, 0.3) is 0 Å². The van der Waals surface area contributed by atoms with Gasteiger partial charge in [0.25, 0.3) is 11.8 Å². The Hall–Kier alpha value is -2.98. The van der Waals surface area contributed by atoms with E-state index >= 15 is 0 Å². The molecule has 0 aliphatic rings. The molecule has 0 aliphatic heterocycles. The lowest BCUT2D eigenvalue weighted by molar-refractivity contribution is -0.123. The average molecular weight is 449 g/mol. The van der Waals surface area contributed by atoms with E-state index in [1.165, 1.54) is 24.3 Å². The van der Waals surface area contributed by atoms with Gasteiger partial charge in [-0.1, -0.05) is 0 Å². The second-order valence-electron chi connectivity index (χ2n) is 7.54. The summed E-state index contributed by atoms with van der Waals surface area (Å²) < 4.78 is 0. The highest BCUT2D eigenvalue weighted by Gasteiger charge is 2.18. The first kappa shape index (κ1) is 27.1. The molecule has 178 valence electrons. The van der Waals surface area contributed by atoms with E-state index in [2.05, 4.69) is 21.3 Å². The highest BCUT2D eigenvalue weighted by Crippen LogP contribution is 2.06. The molecule has 0 radical (unpaired) electrons. The Bertz CT molecular complexity index is 690. The standard InChI is InChI=1S/C22H36N6O4/c1-15(19(29)25-13-5-3-11-23)27-21(31)17-7-9-18(10-8-17)22(32)28-16(2)20(30)26-14-6-4-12-24/h7-10,15-16H,3-6,11-14,23-24H2,1-2H3,(H,25,29)(H,26,30)(H,27,31)(H,28,32)/t15-,16-/m0/s1. The topological polar surface area (TPSA) is 168 Å². The van der Waals surface area contributed by atoms with Crippen LogP contribution in [0.15, 0.2) is 24.3 Å². The number of carbonyl (C=O) groups excluding carboxylic acids is 4. The van der Waals surface area contributed by atoms with Crippen molar-refractivity contribution in [2.45, 2.75) is 51.6 Å². The molecule has 0 saturated heterocycles. The molecular formula is C22H36N6O4. The van der Waals surface area contributed by atoms with Gasteiger partial charge in [-0.15, -0.1) is 0 Å². The monoisotopic (exact) mass is 448 g/mol. The molecule has 0 spiro atoms. The van der Waals surface area contributed by atoms with E-state index in [9.17, 15) is 19.2 Å². The maximum absolute atomic E-state index is 12.4. The summed E-state index contributed by atoms with van der Waals surface area (Å²) in [5, 5.41) is 10.7. The van der Waals surface area contributed by atoms with Gasteiger partial charge in [0.2, 0.25) is 11.8 Å². The van der Waals surface area contributed by atoms with Crippen molar-refractivity contribution in [2.75, 3.05) is 26.2 Å². The molecule has 1 aromatic rings. The van der Waals surface area contributed by atoms with Crippen molar-refractivity contribution in [1.82, 2.24) is 21.3 Å². The summed E-state index contributed by atoms with van der Waals surface area (Å²) in [5.74, 6) is -1.40. The number of benzene rings is 1. The van der Waals surface area contributed by atoms with Crippen molar-refractivity contribution < 1.29 is 19.2 Å². The van der Waals surface area contributed by atoms with Crippen LogP contribution in [0.2, 0.25) is 0 Å². The van der Waals surface area contributed by atoms with Crippen LogP contribution >= 0.6 is 0 Å². The molecule has 2 atom stereocenters. The fourth-order valence-corrected chi connectivity index (χ4v) is 2.73. The predicted molar refractivity (Wildman–Crippen MR) is 123 cm³/mol. The lowest BCUT2D eigenvalue weighted by atomic mass is 10.1. The van der Waals surface area contributed by atoms with Gasteiger partial charge in [0.1, 0.15) is 12.1 Å². The first-order valence-corrected chi connectivity index (χ1v) is 11.0. The molecule has 1 aromatic carbocycles. The zero-order chi connectivity index (χ0) is 23.9. The van der Waals surface area contributed by atoms with Crippen LogP contribution in [0.4, 0.5) is 0 Å². The fraction of sp³-hybridized carbons (Fsp3) is 0.545. The molecule has 0 bridgehead atoms. The van der Waals surface area contributed by atoms with E-state index < -0.39 is 23.9 Å². The quantitative estimate of drug-likeness (QED) is 0.212. The Labute approximate surface area is 189 Å². The minimum absolute atomic E-state index is 0.276. The SMILES string of the molecule is C[C@H](NC(=O)c1ccc(C(=O)N[C@@H](C)C(=O)NCCCCN)cc1)C(=O)NCCCCN. The number of hydrogen-bond acceptors (Lipinski definition) is 6. The predicted octanol–water partition coefficient (Wildman–Crippen LogP) is -0.367. The van der Waals surface area contributed by atoms with Crippen LogP contribution in [0.3, 0.4) is 0 Å². The Balaban J connectivity index is 2.51. The third kappa shape index (κ3) is 9.88. The van der Waals surface area contributed by atoms with Crippen LogP contribution in [-0.4, -0.2) is 61.9 Å². The number of hydrogen-bond donors (Lipinski definition) is 6. The number of nitrogens with two attached hydrogens (primary N) is 2. The second kappa shape index (κ2) is 14.9. The Morgan fingerprint density at radius 1 is 0.688 bits per heavy atom. The van der Waals surface area contributed by atoms with Crippen LogP contribution in [0.5, 0.6) is 0 Å². The summed E-state index contributed by atoms with van der Waals surface area (Å²) in [6.45, 7) is 5.34. The molecule has 0 saturated carbocycles. The van der Waals surface area contributed by atoms with Crippen molar-refractivity contribution in [3.63, 3.8) is 0 Å². The Kier molecular flexibility index (Phi) is 12.6. The van der Waals surface area contributed by atoms with Crippen LogP contribution in [-0.2, 0) is 9.59 Å². The molecular weight excluding hydrogens is 412 g/mol. The Morgan fingerprint density at radius 2 is 1.03 bits per heavy atom. The minimum Gasteiger partial charge on any atom is -0.354 e. The number of amides is 4. The second-order valence-corrected chi connectivity index (χ2v) is 7.54. The number of rotatable bonds is 14. The average Bonchev–Trinajstić information content (AvgIpc) is 2.79. The van der Waals surface area contributed by atoms with E-state index in [1.54, 1.807) is 13.8 Å². The largest absolute Gasteiger partial charge is 0.354 e. The van der Waals surface area contributed by atoms with Gasteiger partial charge in [-0.05, 0) is 76.9 Å². The molecule has 0 aromatic heterocycles. The van der Waals surface area contributed by atoms with Crippen molar-refractivity contribution in [2.24, 2.45) is 11.5 Å². The van der Waals surface area contributed by atoms with Crippen LogP contribution in [0, 0.1) is 0 Å². The molecule has 32 heavy (non-hydrogen) atoms. The van der Waals surface area contributed by atoms with Crippen molar-refractivity contribution >= 4 is 23.6 Å². The summed E-state index contributed by atoms with van der Waals surface area (Å²) in [6, 6.07) is 4.57. The van der Waals surface area contributed by atoms with Gasteiger partial charge in [0.05, 0.1) is 0 Å². The highest BCUT2D eigenvalue weighted by atomic mass is 16.2. The first-order valence-electron chi connectivity index (χ1n) is 11.0. The third-order valence-corrected chi connectivity index (χ3v) is 4.75. The van der Waals surface area contributed by atoms with E-state index in [1.807, 2.05) is 0 Å². The van der Waals surface area contributed by atoms with Gasteiger partial charge in [-0.2, -0.15) is 0 Å². The molecule has 4 amide bonds. The molecule has 0 heterocycles. The molecule has 10 nitrogen and oxygen atoms in total. The molecule has 0 fully saturated rings. The van der Waals surface area contributed by atoms with Gasteiger partial charge >= 0.3 is 0 Å². The fourth-order valence-electron chi connectivity index (χ4n) is 2.73. The zero-order valence-corrected chi connectivity index (χ0v) is 18.9. The maximum atomic E-state index is 12.4. The van der Waals surface area contributed by atoms with Crippen LogP contribution < -0.4 is 32.7 Å². The van der Waals surface area contributed by atoms with Gasteiger partial charge in [-0.25, -0.2) is 0 Å². The van der Waals surface area contributed by atoms with E-state index in [-0.39, 0.29) is 11.8 Å². The van der Waals surface area contributed by atoms with Gasteiger partial charge in [0.15, 0.2) is 0 Å². The summed E-state index contributed by atoms with van der Waals surface area (Å²) in [5.41, 5.74) is 11.5. The van der Waals surface area contributed by atoms with Gasteiger partial charge in [0, 0.05) is 24.2 Å². The number of carbonyl (C=O) groups is 4. The summed E-state index contributed by atoms with van der Waals surface area (Å²) >= 11 is 0. The van der Waals surface area contributed by atoms with Crippen molar-refractivity contribution in [1.29, 1.82) is 0 Å². The summed E-state index contributed by atoms with van der Waals surface area (Å²) in [7, 11) is 0. The molecule has 0 aliphatic carbocycles. The molecule has 10 heteroatoms. The van der Waals surface area contributed by atoms with E-state index in [4.69, 9.17) is 11.5 Å². The molecule has 1 rings (SSSR count). The van der Waals surface area contributed by atoms with Crippen molar-refractivity contribution in [3.05, 3.63) is 35.4 Å². The van der Waals surface area contributed by atoms with E-state index in [0.29, 0.717) is 37.3 Å².